The highest BCUT2D eigenvalue weighted by Gasteiger charge is 2.37. The molecule has 0 radical (unpaired) electrons. The number of rotatable bonds is 10. The molecule has 176 valence electrons. The third-order valence-corrected chi connectivity index (χ3v) is 6.32. The second-order valence-electron chi connectivity index (χ2n) is 8.14. The van der Waals surface area contributed by atoms with Gasteiger partial charge in [0.2, 0.25) is 5.91 Å². The van der Waals surface area contributed by atoms with Gasteiger partial charge in [0.1, 0.15) is 12.1 Å². The monoisotopic (exact) mass is 454 g/mol. The number of aliphatic carboxylic acids is 1. The maximum absolute atomic E-state index is 12.8. The van der Waals surface area contributed by atoms with Crippen LogP contribution < -0.4 is 10.6 Å². The number of hydrogen-bond acceptors (Lipinski definition) is 5. The molecule has 1 aliphatic carbocycles. The SMILES string of the molecule is CCC(CC)(NC(=O)OCC1c2ccccc2-c2ccccc21)C(=O)NCC[C@H](O)C(=O)O. The summed E-state index contributed by atoms with van der Waals surface area (Å²) in [5, 5.41) is 23.4. The first-order valence-corrected chi connectivity index (χ1v) is 11.1. The van der Waals surface area contributed by atoms with Crippen molar-refractivity contribution in [2.24, 2.45) is 0 Å². The fourth-order valence-corrected chi connectivity index (χ4v) is 4.25. The number of aliphatic hydroxyl groups is 1. The van der Waals surface area contributed by atoms with Gasteiger partial charge >= 0.3 is 12.1 Å². The smallest absolute Gasteiger partial charge is 0.408 e. The number of hydrogen-bond donors (Lipinski definition) is 4. The van der Waals surface area contributed by atoms with Crippen LogP contribution in [0.15, 0.2) is 48.5 Å². The highest BCUT2D eigenvalue weighted by molar-refractivity contribution is 5.90. The summed E-state index contributed by atoms with van der Waals surface area (Å²) in [6, 6.07) is 16.1. The van der Waals surface area contributed by atoms with Gasteiger partial charge < -0.3 is 25.6 Å². The van der Waals surface area contributed by atoms with Crippen molar-refractivity contribution in [3.8, 4) is 11.1 Å². The van der Waals surface area contributed by atoms with Gasteiger partial charge in [-0.25, -0.2) is 9.59 Å². The van der Waals surface area contributed by atoms with E-state index in [-0.39, 0.29) is 25.5 Å². The van der Waals surface area contributed by atoms with Crippen LogP contribution in [0.4, 0.5) is 4.79 Å². The number of carboxylic acids is 1. The number of fused-ring (bicyclic) bond motifs is 3. The standard InChI is InChI=1S/C25H30N2O6/c1-3-25(4-2,23(31)26-14-13-21(28)22(29)30)27-24(32)33-15-20-18-11-7-5-9-16(18)17-10-6-8-12-19(17)20/h5-12,20-21,28H,3-4,13-15H2,1-2H3,(H,26,31)(H,27,32)(H,29,30)/t21-/m0/s1. The van der Waals surface area contributed by atoms with E-state index < -0.39 is 29.6 Å². The molecule has 1 aliphatic rings. The normalized spacial score (nSPS) is 13.5. The zero-order valence-corrected chi connectivity index (χ0v) is 18.8. The van der Waals surface area contributed by atoms with E-state index in [1.807, 2.05) is 36.4 Å². The van der Waals surface area contributed by atoms with Crippen molar-refractivity contribution in [1.29, 1.82) is 0 Å². The molecule has 0 heterocycles. The molecule has 3 rings (SSSR count). The number of carbonyl (C=O) groups excluding carboxylic acids is 2. The van der Waals surface area contributed by atoms with Crippen LogP contribution in [0.1, 0.15) is 50.2 Å². The lowest BCUT2D eigenvalue weighted by Gasteiger charge is -2.31. The number of carboxylic acid groups (broad SMARTS) is 1. The van der Waals surface area contributed by atoms with E-state index in [0.717, 1.165) is 22.3 Å². The van der Waals surface area contributed by atoms with Crippen molar-refractivity contribution in [3.63, 3.8) is 0 Å². The Labute approximate surface area is 193 Å². The number of aliphatic hydroxyl groups excluding tert-OH is 1. The van der Waals surface area contributed by atoms with Crippen LogP contribution in [-0.4, -0.2) is 53.0 Å². The zero-order valence-electron chi connectivity index (χ0n) is 18.8. The Bertz CT molecular complexity index is 972. The van der Waals surface area contributed by atoms with E-state index in [2.05, 4.69) is 22.8 Å². The third-order valence-electron chi connectivity index (χ3n) is 6.32. The molecule has 2 amide bonds. The topological polar surface area (TPSA) is 125 Å². The lowest BCUT2D eigenvalue weighted by Crippen LogP contribution is -2.58. The maximum atomic E-state index is 12.8. The highest BCUT2D eigenvalue weighted by Crippen LogP contribution is 2.44. The lowest BCUT2D eigenvalue weighted by molar-refractivity contribution is -0.147. The van der Waals surface area contributed by atoms with E-state index in [0.29, 0.717) is 12.8 Å². The minimum absolute atomic E-state index is 0.0274. The molecule has 8 nitrogen and oxygen atoms in total. The minimum atomic E-state index is -1.56. The van der Waals surface area contributed by atoms with Crippen molar-refractivity contribution < 1.29 is 29.3 Å². The summed E-state index contributed by atoms with van der Waals surface area (Å²) in [5.41, 5.74) is 3.25. The average Bonchev–Trinajstić information content (AvgIpc) is 3.14. The van der Waals surface area contributed by atoms with Gasteiger partial charge in [0.15, 0.2) is 6.10 Å². The van der Waals surface area contributed by atoms with E-state index in [1.54, 1.807) is 13.8 Å². The Morgan fingerprint density at radius 1 is 1.00 bits per heavy atom. The molecule has 0 bridgehead atoms. The molecule has 0 unspecified atom stereocenters. The Morgan fingerprint density at radius 3 is 2.06 bits per heavy atom. The Balaban J connectivity index is 1.63. The molecular formula is C25H30N2O6. The molecule has 0 fully saturated rings. The van der Waals surface area contributed by atoms with Crippen LogP contribution in [0.25, 0.3) is 11.1 Å². The highest BCUT2D eigenvalue weighted by atomic mass is 16.5. The van der Waals surface area contributed by atoms with Gasteiger partial charge in [-0.15, -0.1) is 0 Å². The molecular weight excluding hydrogens is 424 g/mol. The van der Waals surface area contributed by atoms with Gasteiger partial charge in [-0.1, -0.05) is 62.4 Å². The first-order valence-electron chi connectivity index (χ1n) is 11.1. The number of nitrogens with one attached hydrogen (secondary N) is 2. The van der Waals surface area contributed by atoms with Crippen LogP contribution in [0.3, 0.4) is 0 Å². The molecule has 8 heteroatoms. The first kappa shape index (κ1) is 24.3. The van der Waals surface area contributed by atoms with Crippen molar-refractivity contribution in [3.05, 3.63) is 59.7 Å². The van der Waals surface area contributed by atoms with Crippen molar-refractivity contribution >= 4 is 18.0 Å². The summed E-state index contributed by atoms with van der Waals surface area (Å²) in [5.74, 6) is -1.89. The fraction of sp³-hybridized carbons (Fsp3) is 0.400. The Kier molecular flexibility index (Phi) is 7.71. The molecule has 1 atom stereocenters. The molecule has 0 saturated heterocycles. The summed E-state index contributed by atoms with van der Waals surface area (Å²) in [6.07, 6.45) is -1.74. The lowest BCUT2D eigenvalue weighted by atomic mass is 9.91. The van der Waals surface area contributed by atoms with Crippen LogP contribution in [-0.2, 0) is 14.3 Å². The summed E-state index contributed by atoms with van der Waals surface area (Å²) in [6.45, 7) is 3.66. The van der Waals surface area contributed by atoms with Gasteiger partial charge in [0.25, 0.3) is 0 Å². The maximum Gasteiger partial charge on any atom is 0.408 e. The number of benzene rings is 2. The molecule has 4 N–H and O–H groups in total. The predicted molar refractivity (Wildman–Crippen MR) is 123 cm³/mol. The largest absolute Gasteiger partial charge is 0.479 e. The quantitative estimate of drug-likeness (QED) is 0.437. The number of ether oxygens (including phenoxy) is 1. The summed E-state index contributed by atoms with van der Waals surface area (Å²) < 4.78 is 5.58. The van der Waals surface area contributed by atoms with Crippen LogP contribution in [0.5, 0.6) is 0 Å². The predicted octanol–water partition coefficient (Wildman–Crippen LogP) is 3.04. The fourth-order valence-electron chi connectivity index (χ4n) is 4.25. The van der Waals surface area contributed by atoms with Crippen molar-refractivity contribution in [1.82, 2.24) is 10.6 Å². The number of alkyl carbamates (subject to hydrolysis) is 1. The molecule has 2 aromatic rings. The van der Waals surface area contributed by atoms with E-state index in [1.165, 1.54) is 0 Å². The van der Waals surface area contributed by atoms with Gasteiger partial charge in [-0.3, -0.25) is 4.79 Å². The first-order chi connectivity index (χ1) is 15.8. The summed E-state index contributed by atoms with van der Waals surface area (Å²) in [4.78, 5) is 36.2. The molecule has 0 aromatic heterocycles. The molecule has 33 heavy (non-hydrogen) atoms. The van der Waals surface area contributed by atoms with Crippen LogP contribution in [0.2, 0.25) is 0 Å². The van der Waals surface area contributed by atoms with E-state index in [4.69, 9.17) is 9.84 Å². The van der Waals surface area contributed by atoms with Gasteiger partial charge in [-0.05, 0) is 35.1 Å². The Morgan fingerprint density at radius 2 is 1.55 bits per heavy atom. The molecule has 0 saturated carbocycles. The summed E-state index contributed by atoms with van der Waals surface area (Å²) >= 11 is 0. The third kappa shape index (κ3) is 5.17. The van der Waals surface area contributed by atoms with E-state index >= 15 is 0 Å². The molecule has 2 aromatic carbocycles. The Hall–Kier alpha value is -3.39. The number of amides is 2. The second-order valence-corrected chi connectivity index (χ2v) is 8.14. The van der Waals surface area contributed by atoms with Gasteiger partial charge in [-0.2, -0.15) is 0 Å². The van der Waals surface area contributed by atoms with Crippen LogP contribution >= 0.6 is 0 Å². The summed E-state index contributed by atoms with van der Waals surface area (Å²) in [7, 11) is 0. The zero-order chi connectivity index (χ0) is 24.0. The minimum Gasteiger partial charge on any atom is -0.479 e. The molecule has 0 aliphatic heterocycles. The number of carbonyl (C=O) groups is 3. The van der Waals surface area contributed by atoms with E-state index in [9.17, 15) is 19.5 Å². The van der Waals surface area contributed by atoms with Crippen molar-refractivity contribution in [2.45, 2.75) is 50.7 Å². The average molecular weight is 455 g/mol. The molecule has 0 spiro atoms. The second kappa shape index (κ2) is 10.5. The van der Waals surface area contributed by atoms with Gasteiger partial charge in [0.05, 0.1) is 0 Å². The van der Waals surface area contributed by atoms with Crippen molar-refractivity contribution in [2.75, 3.05) is 13.2 Å². The van der Waals surface area contributed by atoms with Gasteiger partial charge in [0, 0.05) is 18.9 Å². The van der Waals surface area contributed by atoms with Crippen LogP contribution in [0, 0.1) is 0 Å².